The first-order chi connectivity index (χ1) is 9.78. The molecular weight excluding hydrogens is 292 g/mol. The normalized spacial score (nSPS) is 14.4. The molecule has 2 unspecified atom stereocenters. The van der Waals surface area contributed by atoms with Crippen molar-refractivity contribution in [3.63, 3.8) is 0 Å². The van der Waals surface area contributed by atoms with Crippen LogP contribution >= 0.6 is 0 Å². The van der Waals surface area contributed by atoms with E-state index in [1.54, 1.807) is 0 Å². The SMILES string of the molecule is C=CC(=O)NC(C)CCC[NH+](CCC)CCCS(=O)(=O)[O-]. The number of hydrogen-bond acceptors (Lipinski definition) is 4. The summed E-state index contributed by atoms with van der Waals surface area (Å²) in [4.78, 5) is 12.4. The molecule has 21 heavy (non-hydrogen) atoms. The Morgan fingerprint density at radius 3 is 2.48 bits per heavy atom. The highest BCUT2D eigenvalue weighted by molar-refractivity contribution is 7.85. The summed E-state index contributed by atoms with van der Waals surface area (Å²) < 4.78 is 31.8. The summed E-state index contributed by atoms with van der Waals surface area (Å²) in [6, 6.07) is 0.0976. The first-order valence-electron chi connectivity index (χ1n) is 7.48. The van der Waals surface area contributed by atoms with E-state index in [1.807, 2.05) is 6.92 Å². The second kappa shape index (κ2) is 10.8. The molecule has 0 saturated heterocycles. The van der Waals surface area contributed by atoms with Crippen molar-refractivity contribution in [2.45, 2.75) is 45.6 Å². The lowest BCUT2D eigenvalue weighted by atomic mass is 10.1. The molecule has 0 aromatic carbocycles. The average molecular weight is 320 g/mol. The summed E-state index contributed by atoms with van der Waals surface area (Å²) in [5.74, 6) is -0.452. The molecule has 0 spiro atoms. The van der Waals surface area contributed by atoms with Crippen LogP contribution in [0.1, 0.15) is 39.5 Å². The first-order valence-corrected chi connectivity index (χ1v) is 9.06. The summed E-state index contributed by atoms with van der Waals surface area (Å²) in [7, 11) is -4.11. The Labute approximate surface area is 128 Å². The molecule has 0 heterocycles. The van der Waals surface area contributed by atoms with Crippen LogP contribution in [0.4, 0.5) is 0 Å². The molecule has 7 heteroatoms. The van der Waals surface area contributed by atoms with Gasteiger partial charge in [0.1, 0.15) is 0 Å². The van der Waals surface area contributed by atoms with Gasteiger partial charge in [-0.25, -0.2) is 8.42 Å². The molecule has 0 aliphatic carbocycles. The molecule has 6 nitrogen and oxygen atoms in total. The minimum atomic E-state index is -4.11. The molecule has 1 amide bonds. The van der Waals surface area contributed by atoms with Crippen molar-refractivity contribution in [3.05, 3.63) is 12.7 Å². The van der Waals surface area contributed by atoms with Gasteiger partial charge >= 0.3 is 0 Å². The van der Waals surface area contributed by atoms with Crippen molar-refractivity contribution in [3.8, 4) is 0 Å². The van der Waals surface area contributed by atoms with Crippen LogP contribution in [0.3, 0.4) is 0 Å². The van der Waals surface area contributed by atoms with E-state index in [0.717, 1.165) is 32.4 Å². The highest BCUT2D eigenvalue weighted by Crippen LogP contribution is 1.94. The number of carbonyl (C=O) groups excluding carboxylic acids is 1. The van der Waals surface area contributed by atoms with E-state index in [2.05, 4.69) is 18.8 Å². The number of quaternary nitrogens is 1. The zero-order valence-electron chi connectivity index (χ0n) is 13.1. The number of amides is 1. The second-order valence-corrected chi connectivity index (χ2v) is 6.89. The number of nitrogens with one attached hydrogen (secondary N) is 2. The van der Waals surface area contributed by atoms with E-state index in [4.69, 9.17) is 0 Å². The zero-order valence-corrected chi connectivity index (χ0v) is 13.9. The maximum Gasteiger partial charge on any atom is 0.243 e. The molecule has 0 bridgehead atoms. The van der Waals surface area contributed by atoms with Gasteiger partial charge < -0.3 is 14.8 Å². The minimum Gasteiger partial charge on any atom is -0.748 e. The molecule has 0 fully saturated rings. The fourth-order valence-electron chi connectivity index (χ4n) is 2.26. The lowest BCUT2D eigenvalue weighted by Gasteiger charge is -2.20. The van der Waals surface area contributed by atoms with Gasteiger partial charge in [-0.1, -0.05) is 13.5 Å². The van der Waals surface area contributed by atoms with E-state index in [0.29, 0.717) is 13.0 Å². The van der Waals surface area contributed by atoms with Gasteiger partial charge in [-0.2, -0.15) is 0 Å². The number of rotatable bonds is 12. The Morgan fingerprint density at radius 1 is 1.33 bits per heavy atom. The van der Waals surface area contributed by atoms with Gasteiger partial charge in [-0.3, -0.25) is 4.79 Å². The van der Waals surface area contributed by atoms with E-state index < -0.39 is 10.1 Å². The van der Waals surface area contributed by atoms with E-state index in [1.165, 1.54) is 11.0 Å². The Bertz CT molecular complexity index is 409. The fourth-order valence-corrected chi connectivity index (χ4v) is 2.76. The third kappa shape index (κ3) is 12.5. The van der Waals surface area contributed by atoms with Crippen molar-refractivity contribution < 1.29 is 22.7 Å². The zero-order chi connectivity index (χ0) is 16.3. The van der Waals surface area contributed by atoms with Crippen molar-refractivity contribution in [2.24, 2.45) is 0 Å². The molecular formula is C14H28N2O4S. The molecule has 0 rings (SSSR count). The third-order valence-corrected chi connectivity index (χ3v) is 4.06. The Balaban J connectivity index is 3.98. The molecule has 0 aromatic heterocycles. The quantitative estimate of drug-likeness (QED) is 0.381. The monoisotopic (exact) mass is 320 g/mol. The molecule has 0 aliphatic heterocycles. The second-order valence-electron chi connectivity index (χ2n) is 5.37. The van der Waals surface area contributed by atoms with Crippen LogP contribution in [0.25, 0.3) is 0 Å². The van der Waals surface area contributed by atoms with Crippen LogP contribution in [0.5, 0.6) is 0 Å². The smallest absolute Gasteiger partial charge is 0.243 e. The van der Waals surface area contributed by atoms with E-state index in [9.17, 15) is 17.8 Å². The lowest BCUT2D eigenvalue weighted by Crippen LogP contribution is -3.12. The van der Waals surface area contributed by atoms with Crippen molar-refractivity contribution in [1.29, 1.82) is 0 Å². The highest BCUT2D eigenvalue weighted by atomic mass is 32.2. The molecule has 2 atom stereocenters. The van der Waals surface area contributed by atoms with Gasteiger partial charge in [-0.05, 0) is 32.3 Å². The third-order valence-electron chi connectivity index (χ3n) is 3.27. The van der Waals surface area contributed by atoms with Crippen LogP contribution in [0.15, 0.2) is 12.7 Å². The predicted molar refractivity (Wildman–Crippen MR) is 82.1 cm³/mol. The highest BCUT2D eigenvalue weighted by Gasteiger charge is 2.10. The summed E-state index contributed by atoms with van der Waals surface area (Å²) in [6.45, 7) is 10.0. The Hall–Kier alpha value is -0.920. The molecule has 0 aromatic rings. The topological polar surface area (TPSA) is 90.7 Å². The Kier molecular flexibility index (Phi) is 10.3. The molecule has 0 radical (unpaired) electrons. The summed E-state index contributed by atoms with van der Waals surface area (Å²) in [5, 5.41) is 2.81. The first kappa shape index (κ1) is 20.1. The van der Waals surface area contributed by atoms with Crippen LogP contribution in [0.2, 0.25) is 0 Å². The summed E-state index contributed by atoms with van der Waals surface area (Å²) in [6.07, 6.45) is 4.49. The van der Waals surface area contributed by atoms with Crippen LogP contribution in [-0.2, 0) is 14.9 Å². The van der Waals surface area contributed by atoms with Crippen LogP contribution in [0, 0.1) is 0 Å². The van der Waals surface area contributed by atoms with Gasteiger partial charge in [0.25, 0.3) is 0 Å². The summed E-state index contributed by atoms with van der Waals surface area (Å²) >= 11 is 0. The van der Waals surface area contributed by atoms with Gasteiger partial charge in [0.2, 0.25) is 5.91 Å². The van der Waals surface area contributed by atoms with Crippen molar-refractivity contribution in [1.82, 2.24) is 5.32 Å². The molecule has 2 N–H and O–H groups in total. The van der Waals surface area contributed by atoms with E-state index >= 15 is 0 Å². The molecule has 0 saturated carbocycles. The maximum absolute atomic E-state index is 11.1. The van der Waals surface area contributed by atoms with Crippen LogP contribution in [-0.4, -0.2) is 50.3 Å². The average Bonchev–Trinajstić information content (AvgIpc) is 2.37. The molecule has 0 aliphatic rings. The fraction of sp³-hybridized carbons (Fsp3) is 0.786. The molecule has 124 valence electrons. The summed E-state index contributed by atoms with van der Waals surface area (Å²) in [5.41, 5.74) is 0. The van der Waals surface area contributed by atoms with E-state index in [-0.39, 0.29) is 17.7 Å². The standard InChI is InChI=1S/C14H28N2O4S/c1-4-9-16(11-7-12-21(18,19)20)10-6-8-13(3)15-14(17)5-2/h5,13H,2,4,6-12H2,1,3H3,(H,15,17)(H,18,19,20). The van der Waals surface area contributed by atoms with Gasteiger partial charge in [0.05, 0.1) is 29.8 Å². The number of hydrogen-bond donors (Lipinski definition) is 2. The van der Waals surface area contributed by atoms with Gasteiger partial charge in [0, 0.05) is 18.2 Å². The lowest BCUT2D eigenvalue weighted by molar-refractivity contribution is -0.900. The number of carbonyl (C=O) groups is 1. The van der Waals surface area contributed by atoms with Gasteiger partial charge in [0.15, 0.2) is 0 Å². The van der Waals surface area contributed by atoms with Crippen molar-refractivity contribution in [2.75, 3.05) is 25.4 Å². The Morgan fingerprint density at radius 2 is 1.95 bits per heavy atom. The van der Waals surface area contributed by atoms with Gasteiger partial charge in [-0.15, -0.1) is 0 Å². The largest absolute Gasteiger partial charge is 0.748 e. The minimum absolute atomic E-state index is 0.0976. The van der Waals surface area contributed by atoms with Crippen molar-refractivity contribution >= 4 is 16.0 Å². The van der Waals surface area contributed by atoms with Crippen LogP contribution < -0.4 is 10.2 Å². The predicted octanol–water partition coefficient (Wildman–Crippen LogP) is -0.312. The maximum atomic E-state index is 11.1.